The van der Waals surface area contributed by atoms with Gasteiger partial charge < -0.3 is 10.2 Å². The van der Waals surface area contributed by atoms with Crippen LogP contribution in [-0.4, -0.2) is 72.5 Å². The first-order valence-corrected chi connectivity index (χ1v) is 7.57. The summed E-state index contributed by atoms with van der Waals surface area (Å²) >= 11 is 1.66. The quantitative estimate of drug-likeness (QED) is 0.780. The number of thiazole rings is 1. The van der Waals surface area contributed by atoms with Gasteiger partial charge in [0.15, 0.2) is 5.13 Å². The maximum Gasteiger partial charge on any atom is 0.324 e. The minimum absolute atomic E-state index is 0.128. The zero-order valence-electron chi connectivity index (χ0n) is 11.1. The van der Waals surface area contributed by atoms with E-state index in [0.29, 0.717) is 6.54 Å². The van der Waals surface area contributed by atoms with E-state index in [4.69, 9.17) is 0 Å². The van der Waals surface area contributed by atoms with Crippen molar-refractivity contribution in [1.82, 2.24) is 20.1 Å². The zero-order valence-corrected chi connectivity index (χ0v) is 11.9. The number of aromatic nitrogens is 1. The van der Waals surface area contributed by atoms with Crippen molar-refractivity contribution in [3.8, 4) is 0 Å². The van der Waals surface area contributed by atoms with Crippen molar-refractivity contribution in [1.29, 1.82) is 0 Å². The molecule has 0 saturated carbocycles. The number of urea groups is 1. The first kappa shape index (κ1) is 13.3. The molecule has 0 spiro atoms. The van der Waals surface area contributed by atoms with Gasteiger partial charge in [-0.3, -0.25) is 14.6 Å². The van der Waals surface area contributed by atoms with Gasteiger partial charge in [-0.1, -0.05) is 0 Å². The van der Waals surface area contributed by atoms with E-state index in [9.17, 15) is 9.59 Å². The molecular weight excluding hydrogens is 278 g/mol. The number of carbonyl (C=O) groups is 2. The SMILES string of the molecule is O=C1CNC(=O)N1CCN1CCN(c2nccs2)CC1. The molecule has 0 unspecified atom stereocenters. The van der Waals surface area contributed by atoms with Gasteiger partial charge in [0.2, 0.25) is 5.91 Å². The molecule has 8 heteroatoms. The largest absolute Gasteiger partial charge is 0.346 e. The zero-order chi connectivity index (χ0) is 13.9. The van der Waals surface area contributed by atoms with Crippen LogP contribution in [0.2, 0.25) is 0 Å². The molecule has 0 aromatic carbocycles. The second-order valence-corrected chi connectivity index (χ2v) is 5.72. The van der Waals surface area contributed by atoms with Gasteiger partial charge >= 0.3 is 6.03 Å². The fourth-order valence-electron chi connectivity index (χ4n) is 2.46. The molecule has 7 nitrogen and oxygen atoms in total. The lowest BCUT2D eigenvalue weighted by molar-refractivity contribution is -0.125. The third-order valence-electron chi connectivity index (χ3n) is 3.64. The molecule has 2 aliphatic heterocycles. The van der Waals surface area contributed by atoms with Gasteiger partial charge in [0.1, 0.15) is 0 Å². The van der Waals surface area contributed by atoms with Crippen LogP contribution in [-0.2, 0) is 4.79 Å². The van der Waals surface area contributed by atoms with E-state index in [1.807, 2.05) is 11.6 Å². The lowest BCUT2D eigenvalue weighted by atomic mass is 10.3. The molecule has 0 bridgehead atoms. The number of amides is 3. The highest BCUT2D eigenvalue weighted by molar-refractivity contribution is 7.13. The first-order chi connectivity index (χ1) is 9.74. The van der Waals surface area contributed by atoms with Crippen LogP contribution in [0.1, 0.15) is 0 Å². The van der Waals surface area contributed by atoms with E-state index in [-0.39, 0.29) is 18.5 Å². The van der Waals surface area contributed by atoms with Crippen molar-refractivity contribution in [2.45, 2.75) is 0 Å². The highest BCUT2D eigenvalue weighted by Crippen LogP contribution is 2.18. The monoisotopic (exact) mass is 295 g/mol. The molecule has 0 aliphatic carbocycles. The van der Waals surface area contributed by atoms with Gasteiger partial charge in [-0.15, -0.1) is 11.3 Å². The maximum atomic E-state index is 11.5. The lowest BCUT2D eigenvalue weighted by Crippen LogP contribution is -2.49. The molecule has 3 rings (SSSR count). The predicted molar refractivity (Wildman–Crippen MR) is 75.9 cm³/mol. The fraction of sp³-hybridized carbons (Fsp3) is 0.583. The van der Waals surface area contributed by atoms with Crippen LogP contribution in [0.15, 0.2) is 11.6 Å². The van der Waals surface area contributed by atoms with Crippen LogP contribution in [0, 0.1) is 0 Å². The molecule has 3 amide bonds. The van der Waals surface area contributed by atoms with Crippen LogP contribution in [0.4, 0.5) is 9.93 Å². The summed E-state index contributed by atoms with van der Waals surface area (Å²) in [5.74, 6) is -0.128. The van der Waals surface area contributed by atoms with Crippen LogP contribution in [0.3, 0.4) is 0 Å². The summed E-state index contributed by atoms with van der Waals surface area (Å²) in [6.45, 7) is 5.09. The number of anilines is 1. The topological polar surface area (TPSA) is 68.8 Å². The summed E-state index contributed by atoms with van der Waals surface area (Å²) in [6, 6.07) is -0.267. The summed E-state index contributed by atoms with van der Waals surface area (Å²) < 4.78 is 0. The Morgan fingerprint density at radius 2 is 2.00 bits per heavy atom. The van der Waals surface area contributed by atoms with Crippen LogP contribution in [0.5, 0.6) is 0 Å². The van der Waals surface area contributed by atoms with E-state index >= 15 is 0 Å². The Bertz CT molecular complexity index is 468. The number of carbonyl (C=O) groups excluding carboxylic acids is 2. The molecule has 2 aliphatic rings. The van der Waals surface area contributed by atoms with E-state index in [2.05, 4.69) is 20.1 Å². The number of piperazine rings is 1. The average Bonchev–Trinajstić information content (AvgIpc) is 3.09. The molecule has 1 aromatic rings. The van der Waals surface area contributed by atoms with Crippen molar-refractivity contribution >= 4 is 28.4 Å². The average molecular weight is 295 g/mol. The molecule has 3 heterocycles. The molecule has 20 heavy (non-hydrogen) atoms. The van der Waals surface area contributed by atoms with E-state index in [0.717, 1.165) is 37.9 Å². The second-order valence-electron chi connectivity index (χ2n) is 4.85. The third-order valence-corrected chi connectivity index (χ3v) is 4.47. The summed E-state index contributed by atoms with van der Waals surface area (Å²) in [5, 5.41) is 5.59. The van der Waals surface area contributed by atoms with Crippen molar-refractivity contribution in [3.05, 3.63) is 11.6 Å². The molecule has 0 radical (unpaired) electrons. The van der Waals surface area contributed by atoms with E-state index in [1.165, 1.54) is 4.90 Å². The minimum atomic E-state index is -0.267. The van der Waals surface area contributed by atoms with Gasteiger partial charge in [0, 0.05) is 50.8 Å². The minimum Gasteiger partial charge on any atom is -0.346 e. The number of hydrogen-bond acceptors (Lipinski definition) is 6. The first-order valence-electron chi connectivity index (χ1n) is 6.69. The maximum absolute atomic E-state index is 11.5. The van der Waals surface area contributed by atoms with Crippen LogP contribution in [0.25, 0.3) is 0 Å². The van der Waals surface area contributed by atoms with Crippen molar-refractivity contribution in [2.75, 3.05) is 50.7 Å². The smallest absolute Gasteiger partial charge is 0.324 e. The molecule has 1 N–H and O–H groups in total. The molecule has 2 fully saturated rings. The Hall–Kier alpha value is -1.67. The highest BCUT2D eigenvalue weighted by Gasteiger charge is 2.28. The molecular formula is C12H17N5O2S. The lowest BCUT2D eigenvalue weighted by Gasteiger charge is -2.34. The van der Waals surface area contributed by atoms with Gasteiger partial charge in [-0.2, -0.15) is 0 Å². The molecule has 108 valence electrons. The van der Waals surface area contributed by atoms with Gasteiger partial charge in [0.05, 0.1) is 6.54 Å². The summed E-state index contributed by atoms with van der Waals surface area (Å²) in [5.41, 5.74) is 0. The van der Waals surface area contributed by atoms with Crippen molar-refractivity contribution in [3.63, 3.8) is 0 Å². The second kappa shape index (κ2) is 5.76. The Morgan fingerprint density at radius 3 is 2.60 bits per heavy atom. The number of hydrogen-bond donors (Lipinski definition) is 1. The van der Waals surface area contributed by atoms with Crippen LogP contribution >= 0.6 is 11.3 Å². The highest BCUT2D eigenvalue weighted by atomic mass is 32.1. The van der Waals surface area contributed by atoms with Crippen LogP contribution < -0.4 is 10.2 Å². The van der Waals surface area contributed by atoms with E-state index in [1.54, 1.807) is 11.3 Å². The Morgan fingerprint density at radius 1 is 1.20 bits per heavy atom. The number of nitrogens with zero attached hydrogens (tertiary/aromatic N) is 4. The fourth-order valence-corrected chi connectivity index (χ4v) is 3.15. The summed E-state index contributed by atoms with van der Waals surface area (Å²) in [6.07, 6.45) is 1.82. The van der Waals surface area contributed by atoms with Crippen molar-refractivity contribution in [2.24, 2.45) is 0 Å². The standard InChI is InChI=1S/C12H17N5O2S/c18-10-9-14-11(19)17(10)7-4-15-2-5-16(6-3-15)12-13-1-8-20-12/h1,8H,2-7,9H2,(H,14,19). The van der Waals surface area contributed by atoms with E-state index < -0.39 is 0 Å². The normalized spacial score (nSPS) is 20.6. The van der Waals surface area contributed by atoms with Crippen molar-refractivity contribution < 1.29 is 9.59 Å². The van der Waals surface area contributed by atoms with Gasteiger partial charge in [0.25, 0.3) is 0 Å². The Labute approximate surface area is 121 Å². The van der Waals surface area contributed by atoms with Gasteiger partial charge in [-0.25, -0.2) is 9.78 Å². The number of nitrogens with one attached hydrogen (secondary N) is 1. The third kappa shape index (κ3) is 2.75. The Kier molecular flexibility index (Phi) is 3.83. The Balaban J connectivity index is 1.45. The molecule has 0 atom stereocenters. The van der Waals surface area contributed by atoms with Gasteiger partial charge in [-0.05, 0) is 0 Å². The number of rotatable bonds is 4. The summed E-state index contributed by atoms with van der Waals surface area (Å²) in [7, 11) is 0. The molecule has 1 aromatic heterocycles. The number of imide groups is 1. The summed E-state index contributed by atoms with van der Waals surface area (Å²) in [4.78, 5) is 33.1. The molecule has 2 saturated heterocycles. The predicted octanol–water partition coefficient (Wildman–Crippen LogP) is -0.183.